The lowest BCUT2D eigenvalue weighted by Gasteiger charge is -2.15. The molecule has 0 aromatic heterocycles. The number of non-ortho nitro benzene ring substituents is 1. The SMILES string of the molecule is O=C(CC1C=CCCC1)c1ccc([N+](=O)[O-])cc1. The lowest BCUT2D eigenvalue weighted by molar-refractivity contribution is -0.384. The molecule has 4 heteroatoms. The first kappa shape index (κ1) is 12.5. The summed E-state index contributed by atoms with van der Waals surface area (Å²) in [5.74, 6) is 0.378. The molecule has 1 atom stereocenters. The minimum Gasteiger partial charge on any atom is -0.294 e. The van der Waals surface area contributed by atoms with Gasteiger partial charge < -0.3 is 0 Å². The first-order chi connectivity index (χ1) is 8.66. The van der Waals surface area contributed by atoms with Gasteiger partial charge in [0.05, 0.1) is 4.92 Å². The zero-order valence-electron chi connectivity index (χ0n) is 10.0. The number of benzene rings is 1. The van der Waals surface area contributed by atoms with Crippen molar-refractivity contribution in [2.75, 3.05) is 0 Å². The predicted octanol–water partition coefficient (Wildman–Crippen LogP) is 3.52. The third-order valence-corrected chi connectivity index (χ3v) is 3.20. The number of Topliss-reactive ketones (excluding diaryl/α,β-unsaturated/α-hetero) is 1. The van der Waals surface area contributed by atoms with E-state index in [1.807, 2.05) is 0 Å². The van der Waals surface area contributed by atoms with Crippen LogP contribution in [0, 0.1) is 16.0 Å². The van der Waals surface area contributed by atoms with E-state index in [0.717, 1.165) is 19.3 Å². The Bertz CT molecular complexity index is 476. The maximum absolute atomic E-state index is 12.0. The van der Waals surface area contributed by atoms with E-state index < -0.39 is 4.92 Å². The van der Waals surface area contributed by atoms with E-state index in [1.54, 1.807) is 0 Å². The molecule has 0 saturated carbocycles. The van der Waals surface area contributed by atoms with Gasteiger partial charge in [0, 0.05) is 24.1 Å². The van der Waals surface area contributed by atoms with Gasteiger partial charge in [-0.1, -0.05) is 12.2 Å². The van der Waals surface area contributed by atoms with Gasteiger partial charge in [0.2, 0.25) is 0 Å². The van der Waals surface area contributed by atoms with Crippen LogP contribution in [-0.4, -0.2) is 10.7 Å². The number of hydrogen-bond acceptors (Lipinski definition) is 3. The van der Waals surface area contributed by atoms with Crippen LogP contribution in [0.2, 0.25) is 0 Å². The molecular formula is C14H15NO3. The molecule has 4 nitrogen and oxygen atoms in total. The molecule has 0 spiro atoms. The van der Waals surface area contributed by atoms with Crippen LogP contribution in [0.15, 0.2) is 36.4 Å². The number of carbonyl (C=O) groups excluding carboxylic acids is 1. The zero-order chi connectivity index (χ0) is 13.0. The van der Waals surface area contributed by atoms with E-state index in [9.17, 15) is 14.9 Å². The Morgan fingerprint density at radius 1 is 1.33 bits per heavy atom. The van der Waals surface area contributed by atoms with Crippen LogP contribution >= 0.6 is 0 Å². The summed E-state index contributed by atoms with van der Waals surface area (Å²) in [6.45, 7) is 0. The smallest absolute Gasteiger partial charge is 0.269 e. The lowest BCUT2D eigenvalue weighted by Crippen LogP contribution is -2.09. The first-order valence-electron chi connectivity index (χ1n) is 6.11. The Balaban J connectivity index is 2.02. The molecule has 0 heterocycles. The third kappa shape index (κ3) is 3.03. The van der Waals surface area contributed by atoms with Crippen molar-refractivity contribution in [3.63, 3.8) is 0 Å². The van der Waals surface area contributed by atoms with E-state index in [4.69, 9.17) is 0 Å². The zero-order valence-corrected chi connectivity index (χ0v) is 10.0. The molecule has 94 valence electrons. The highest BCUT2D eigenvalue weighted by molar-refractivity contribution is 5.96. The van der Waals surface area contributed by atoms with Crippen molar-refractivity contribution in [2.24, 2.45) is 5.92 Å². The Kier molecular flexibility index (Phi) is 3.87. The summed E-state index contributed by atoms with van der Waals surface area (Å²) in [4.78, 5) is 22.0. The van der Waals surface area contributed by atoms with Crippen LogP contribution in [0.5, 0.6) is 0 Å². The maximum Gasteiger partial charge on any atom is 0.269 e. The number of nitro groups is 1. The van der Waals surface area contributed by atoms with Gasteiger partial charge in [-0.15, -0.1) is 0 Å². The third-order valence-electron chi connectivity index (χ3n) is 3.20. The summed E-state index contributed by atoms with van der Waals surface area (Å²) in [6.07, 6.45) is 8.00. The molecule has 0 N–H and O–H groups in total. The second kappa shape index (κ2) is 5.58. The van der Waals surface area contributed by atoms with Crippen molar-refractivity contribution < 1.29 is 9.72 Å². The van der Waals surface area contributed by atoms with E-state index in [-0.39, 0.29) is 11.5 Å². The Hall–Kier alpha value is -1.97. The number of rotatable bonds is 4. The minimum absolute atomic E-state index is 0.0177. The highest BCUT2D eigenvalue weighted by Crippen LogP contribution is 2.22. The molecule has 0 amide bonds. The summed E-state index contributed by atoms with van der Waals surface area (Å²) in [6, 6.07) is 5.83. The second-order valence-electron chi connectivity index (χ2n) is 4.55. The molecule has 1 unspecified atom stereocenters. The van der Waals surface area contributed by atoms with Crippen LogP contribution in [-0.2, 0) is 0 Å². The monoisotopic (exact) mass is 245 g/mol. The number of carbonyl (C=O) groups is 1. The Labute approximate surface area is 105 Å². The highest BCUT2D eigenvalue weighted by atomic mass is 16.6. The van der Waals surface area contributed by atoms with Crippen molar-refractivity contribution >= 4 is 11.5 Å². The van der Waals surface area contributed by atoms with Crippen LogP contribution in [0.3, 0.4) is 0 Å². The van der Waals surface area contributed by atoms with Crippen LogP contribution in [0.4, 0.5) is 5.69 Å². The quantitative estimate of drug-likeness (QED) is 0.353. The fourth-order valence-electron chi connectivity index (χ4n) is 2.18. The van der Waals surface area contributed by atoms with Gasteiger partial charge >= 0.3 is 0 Å². The summed E-state index contributed by atoms with van der Waals surface area (Å²) in [7, 11) is 0. The molecule has 1 aliphatic carbocycles. The Morgan fingerprint density at radius 3 is 2.61 bits per heavy atom. The number of nitro benzene ring substituents is 1. The van der Waals surface area contributed by atoms with E-state index in [0.29, 0.717) is 17.9 Å². The van der Waals surface area contributed by atoms with Crippen molar-refractivity contribution in [3.8, 4) is 0 Å². The van der Waals surface area contributed by atoms with Gasteiger partial charge in [0.15, 0.2) is 5.78 Å². The standard InChI is InChI=1S/C14H15NO3/c16-14(10-11-4-2-1-3-5-11)12-6-8-13(9-7-12)15(17)18/h2,4,6-9,11H,1,3,5,10H2. The van der Waals surface area contributed by atoms with Gasteiger partial charge in [-0.05, 0) is 37.3 Å². The van der Waals surface area contributed by atoms with E-state index >= 15 is 0 Å². The molecule has 18 heavy (non-hydrogen) atoms. The van der Waals surface area contributed by atoms with Gasteiger partial charge in [-0.2, -0.15) is 0 Å². The molecule has 1 aliphatic rings. The fourth-order valence-corrected chi connectivity index (χ4v) is 2.18. The first-order valence-corrected chi connectivity index (χ1v) is 6.11. The highest BCUT2D eigenvalue weighted by Gasteiger charge is 2.15. The molecule has 0 aliphatic heterocycles. The van der Waals surface area contributed by atoms with Crippen molar-refractivity contribution in [3.05, 3.63) is 52.1 Å². The van der Waals surface area contributed by atoms with Crippen LogP contribution in [0.25, 0.3) is 0 Å². The Morgan fingerprint density at radius 2 is 2.06 bits per heavy atom. The van der Waals surface area contributed by atoms with Gasteiger partial charge in [-0.25, -0.2) is 0 Å². The molecule has 0 saturated heterocycles. The van der Waals surface area contributed by atoms with Gasteiger partial charge in [0.25, 0.3) is 5.69 Å². The maximum atomic E-state index is 12.0. The number of nitrogens with zero attached hydrogens (tertiary/aromatic N) is 1. The van der Waals surface area contributed by atoms with Crippen molar-refractivity contribution in [2.45, 2.75) is 25.7 Å². The average Bonchev–Trinajstić information content (AvgIpc) is 2.40. The molecule has 1 aromatic carbocycles. The van der Waals surface area contributed by atoms with Crippen molar-refractivity contribution in [1.82, 2.24) is 0 Å². The number of allylic oxidation sites excluding steroid dienone is 2. The lowest BCUT2D eigenvalue weighted by atomic mass is 9.90. The van der Waals surface area contributed by atoms with Crippen LogP contribution in [0.1, 0.15) is 36.0 Å². The van der Waals surface area contributed by atoms with Crippen molar-refractivity contribution in [1.29, 1.82) is 0 Å². The molecule has 0 radical (unpaired) electrons. The molecule has 0 bridgehead atoms. The van der Waals surface area contributed by atoms with Gasteiger partial charge in [0.1, 0.15) is 0 Å². The van der Waals surface area contributed by atoms with Gasteiger partial charge in [-0.3, -0.25) is 14.9 Å². The molecule has 2 rings (SSSR count). The fraction of sp³-hybridized carbons (Fsp3) is 0.357. The number of ketones is 1. The number of hydrogen-bond donors (Lipinski definition) is 0. The minimum atomic E-state index is -0.460. The predicted molar refractivity (Wildman–Crippen MR) is 68.5 cm³/mol. The average molecular weight is 245 g/mol. The van der Waals surface area contributed by atoms with E-state index in [2.05, 4.69) is 12.2 Å². The van der Waals surface area contributed by atoms with Crippen LogP contribution < -0.4 is 0 Å². The molecule has 1 aromatic rings. The summed E-state index contributed by atoms with van der Waals surface area (Å²) >= 11 is 0. The summed E-state index contributed by atoms with van der Waals surface area (Å²) in [5, 5.41) is 10.5. The molecular weight excluding hydrogens is 230 g/mol. The topological polar surface area (TPSA) is 60.2 Å². The summed E-state index contributed by atoms with van der Waals surface area (Å²) in [5.41, 5.74) is 0.573. The summed E-state index contributed by atoms with van der Waals surface area (Å²) < 4.78 is 0. The molecule has 0 fully saturated rings. The largest absolute Gasteiger partial charge is 0.294 e. The van der Waals surface area contributed by atoms with E-state index in [1.165, 1.54) is 24.3 Å². The normalized spacial score (nSPS) is 18.6. The second-order valence-corrected chi connectivity index (χ2v) is 4.55.